The quantitative estimate of drug-likeness (QED) is 0.339. The van der Waals surface area contributed by atoms with Crippen LogP contribution in [0.1, 0.15) is 42.6 Å². The Bertz CT molecular complexity index is 950. The van der Waals surface area contributed by atoms with Gasteiger partial charge in [0.05, 0.1) is 24.7 Å². The van der Waals surface area contributed by atoms with Crippen molar-refractivity contribution in [1.29, 1.82) is 0 Å². The molecule has 0 aromatic heterocycles. The molecule has 0 spiro atoms. The fourth-order valence-electron chi connectivity index (χ4n) is 2.66. The lowest BCUT2D eigenvalue weighted by atomic mass is 10.2. The SMILES string of the molecule is CCCCOc1ccc(C(=O)NNC(=O)C(C)SCC(=O)Nc2ccc(C)cc2)cc1OC. The molecule has 0 bridgehead atoms. The van der Waals surface area contributed by atoms with E-state index in [0.29, 0.717) is 29.4 Å². The Balaban J connectivity index is 1.79. The molecule has 2 aromatic carbocycles. The van der Waals surface area contributed by atoms with Crippen LogP contribution in [0.2, 0.25) is 0 Å². The summed E-state index contributed by atoms with van der Waals surface area (Å²) in [5.74, 6) is -0.0124. The van der Waals surface area contributed by atoms with Crippen molar-refractivity contribution in [2.24, 2.45) is 0 Å². The zero-order chi connectivity index (χ0) is 24.2. The molecule has 0 saturated carbocycles. The van der Waals surface area contributed by atoms with Crippen LogP contribution in [0.3, 0.4) is 0 Å². The Morgan fingerprint density at radius 1 is 1.03 bits per heavy atom. The number of carbonyl (C=O) groups is 3. The lowest BCUT2D eigenvalue weighted by molar-refractivity contribution is -0.121. The van der Waals surface area contributed by atoms with Gasteiger partial charge in [0, 0.05) is 11.3 Å². The number of hydrogen-bond donors (Lipinski definition) is 3. The fraction of sp³-hybridized carbons (Fsp3) is 0.375. The van der Waals surface area contributed by atoms with E-state index in [2.05, 4.69) is 23.1 Å². The summed E-state index contributed by atoms with van der Waals surface area (Å²) in [6.45, 7) is 6.26. The molecule has 0 aliphatic heterocycles. The first-order valence-corrected chi connectivity index (χ1v) is 11.8. The van der Waals surface area contributed by atoms with E-state index in [4.69, 9.17) is 9.47 Å². The van der Waals surface area contributed by atoms with Crippen LogP contribution in [0.15, 0.2) is 42.5 Å². The van der Waals surface area contributed by atoms with Gasteiger partial charge in [0.1, 0.15) is 0 Å². The molecule has 8 nitrogen and oxygen atoms in total. The molecule has 178 valence electrons. The van der Waals surface area contributed by atoms with Gasteiger partial charge in [-0.25, -0.2) is 0 Å². The van der Waals surface area contributed by atoms with E-state index < -0.39 is 17.1 Å². The van der Waals surface area contributed by atoms with Crippen molar-refractivity contribution in [2.75, 3.05) is 24.8 Å². The van der Waals surface area contributed by atoms with Crippen LogP contribution in [0.5, 0.6) is 11.5 Å². The Hall–Kier alpha value is -3.20. The fourth-order valence-corrected chi connectivity index (χ4v) is 3.34. The van der Waals surface area contributed by atoms with Crippen molar-refractivity contribution < 1.29 is 23.9 Å². The van der Waals surface area contributed by atoms with Crippen LogP contribution in [-0.2, 0) is 9.59 Å². The van der Waals surface area contributed by atoms with E-state index >= 15 is 0 Å². The van der Waals surface area contributed by atoms with Gasteiger partial charge in [0.2, 0.25) is 5.91 Å². The third-order valence-electron chi connectivity index (χ3n) is 4.65. The van der Waals surface area contributed by atoms with Gasteiger partial charge in [-0.15, -0.1) is 11.8 Å². The molecular formula is C24H31N3O5S. The maximum Gasteiger partial charge on any atom is 0.269 e. The number of aryl methyl sites for hydroxylation is 1. The minimum Gasteiger partial charge on any atom is -0.493 e. The first kappa shape index (κ1) is 26.1. The van der Waals surface area contributed by atoms with Crippen molar-refractivity contribution in [3.63, 3.8) is 0 Å². The van der Waals surface area contributed by atoms with Crippen molar-refractivity contribution in [2.45, 2.75) is 38.9 Å². The summed E-state index contributed by atoms with van der Waals surface area (Å²) in [4.78, 5) is 36.8. The second-order valence-electron chi connectivity index (χ2n) is 7.38. The summed E-state index contributed by atoms with van der Waals surface area (Å²) >= 11 is 1.17. The second kappa shape index (κ2) is 13.4. The monoisotopic (exact) mass is 473 g/mol. The van der Waals surface area contributed by atoms with Crippen molar-refractivity contribution in [3.8, 4) is 11.5 Å². The van der Waals surface area contributed by atoms with Crippen LogP contribution in [0.25, 0.3) is 0 Å². The van der Waals surface area contributed by atoms with Crippen LogP contribution < -0.4 is 25.6 Å². The van der Waals surface area contributed by atoms with Gasteiger partial charge in [-0.05, 0) is 50.6 Å². The first-order chi connectivity index (χ1) is 15.8. The molecule has 0 radical (unpaired) electrons. The van der Waals surface area contributed by atoms with Gasteiger partial charge in [-0.2, -0.15) is 0 Å². The predicted octanol–water partition coefficient (Wildman–Crippen LogP) is 3.70. The standard InChI is InChI=1S/C24H31N3O5S/c1-5-6-13-32-20-12-9-18(14-21(20)31-4)24(30)27-26-23(29)17(3)33-15-22(28)25-19-10-7-16(2)8-11-19/h7-12,14,17H,5-6,13,15H2,1-4H3,(H,25,28)(H,26,29)(H,27,30). The molecule has 0 aliphatic carbocycles. The Morgan fingerprint density at radius 3 is 2.42 bits per heavy atom. The van der Waals surface area contributed by atoms with Gasteiger partial charge >= 0.3 is 0 Å². The normalized spacial score (nSPS) is 11.3. The molecule has 2 aromatic rings. The highest BCUT2D eigenvalue weighted by molar-refractivity contribution is 8.01. The summed E-state index contributed by atoms with van der Waals surface area (Å²) in [5.41, 5.74) is 6.89. The van der Waals surface area contributed by atoms with Gasteiger partial charge < -0.3 is 14.8 Å². The second-order valence-corrected chi connectivity index (χ2v) is 8.71. The highest BCUT2D eigenvalue weighted by Gasteiger charge is 2.17. The van der Waals surface area contributed by atoms with Gasteiger partial charge in [-0.3, -0.25) is 25.2 Å². The maximum atomic E-state index is 12.4. The average molecular weight is 474 g/mol. The highest BCUT2D eigenvalue weighted by atomic mass is 32.2. The number of ether oxygens (including phenoxy) is 2. The maximum absolute atomic E-state index is 12.4. The summed E-state index contributed by atoms with van der Waals surface area (Å²) in [5, 5.41) is 2.24. The average Bonchev–Trinajstić information content (AvgIpc) is 2.82. The molecule has 1 unspecified atom stereocenters. The minimum absolute atomic E-state index is 0.104. The number of rotatable bonds is 11. The highest BCUT2D eigenvalue weighted by Crippen LogP contribution is 2.28. The van der Waals surface area contributed by atoms with E-state index in [1.807, 2.05) is 31.2 Å². The molecule has 0 fully saturated rings. The van der Waals surface area contributed by atoms with Crippen LogP contribution >= 0.6 is 11.8 Å². The molecule has 0 heterocycles. The summed E-state index contributed by atoms with van der Waals surface area (Å²) < 4.78 is 11.0. The molecular weight excluding hydrogens is 442 g/mol. The molecule has 3 N–H and O–H groups in total. The van der Waals surface area contributed by atoms with Crippen molar-refractivity contribution >= 4 is 35.2 Å². The van der Waals surface area contributed by atoms with Crippen molar-refractivity contribution in [1.82, 2.24) is 10.9 Å². The topological polar surface area (TPSA) is 106 Å². The molecule has 1 atom stereocenters. The minimum atomic E-state index is -0.544. The summed E-state index contributed by atoms with van der Waals surface area (Å²) in [6, 6.07) is 12.3. The number of amides is 3. The molecule has 2 rings (SSSR count). The Morgan fingerprint density at radius 2 is 1.76 bits per heavy atom. The van der Waals surface area contributed by atoms with Gasteiger partial charge in [-0.1, -0.05) is 31.0 Å². The largest absolute Gasteiger partial charge is 0.493 e. The number of hydrogen-bond acceptors (Lipinski definition) is 6. The Labute approximate surface area is 198 Å². The van der Waals surface area contributed by atoms with Crippen LogP contribution in [0, 0.1) is 6.92 Å². The number of carbonyl (C=O) groups excluding carboxylic acids is 3. The zero-order valence-electron chi connectivity index (χ0n) is 19.4. The first-order valence-electron chi connectivity index (χ1n) is 10.7. The van der Waals surface area contributed by atoms with Crippen LogP contribution in [0.4, 0.5) is 5.69 Å². The Kier molecular flexibility index (Phi) is 10.6. The molecule has 3 amide bonds. The van der Waals surface area contributed by atoms with Gasteiger partial charge in [0.15, 0.2) is 11.5 Å². The van der Waals surface area contributed by atoms with E-state index in [1.165, 1.54) is 18.9 Å². The van der Waals surface area contributed by atoms with Crippen molar-refractivity contribution in [3.05, 3.63) is 53.6 Å². The van der Waals surface area contributed by atoms with E-state index in [9.17, 15) is 14.4 Å². The lowest BCUT2D eigenvalue weighted by Crippen LogP contribution is -2.45. The number of unbranched alkanes of at least 4 members (excludes halogenated alkanes) is 1. The van der Waals surface area contributed by atoms with E-state index in [0.717, 1.165) is 18.4 Å². The smallest absolute Gasteiger partial charge is 0.269 e. The number of thioether (sulfide) groups is 1. The van der Waals surface area contributed by atoms with E-state index in [1.54, 1.807) is 25.1 Å². The zero-order valence-corrected chi connectivity index (χ0v) is 20.2. The van der Waals surface area contributed by atoms with E-state index in [-0.39, 0.29) is 11.7 Å². The lowest BCUT2D eigenvalue weighted by Gasteiger charge is -2.14. The summed E-state index contributed by atoms with van der Waals surface area (Å²) in [7, 11) is 1.50. The molecule has 9 heteroatoms. The van der Waals surface area contributed by atoms with Gasteiger partial charge in [0.25, 0.3) is 11.8 Å². The molecule has 0 aliphatic rings. The summed E-state index contributed by atoms with van der Waals surface area (Å²) in [6.07, 6.45) is 1.93. The molecule has 0 saturated heterocycles. The number of methoxy groups -OCH3 is 1. The number of nitrogens with one attached hydrogen (secondary N) is 3. The number of benzene rings is 2. The number of hydrazine groups is 1. The number of anilines is 1. The van der Waals surface area contributed by atoms with Crippen LogP contribution in [-0.4, -0.2) is 42.4 Å². The molecule has 33 heavy (non-hydrogen) atoms. The predicted molar refractivity (Wildman–Crippen MR) is 131 cm³/mol. The third-order valence-corrected chi connectivity index (χ3v) is 5.79. The third kappa shape index (κ3) is 8.69.